The van der Waals surface area contributed by atoms with Gasteiger partial charge in [0, 0.05) is 23.5 Å². The average molecular weight is 426 g/mol. The molecule has 0 spiro atoms. The molecule has 6 heteroatoms. The smallest absolute Gasteiger partial charge is 0.228 e. The molecule has 2 aliphatic rings. The van der Waals surface area contributed by atoms with Crippen molar-refractivity contribution in [3.05, 3.63) is 52.2 Å². The summed E-state index contributed by atoms with van der Waals surface area (Å²) in [5.74, 6) is 0.357. The van der Waals surface area contributed by atoms with Crippen LogP contribution in [0.3, 0.4) is 0 Å². The Morgan fingerprint density at radius 3 is 2.57 bits per heavy atom. The van der Waals surface area contributed by atoms with Crippen molar-refractivity contribution in [1.82, 2.24) is 10.2 Å². The third-order valence-corrected chi connectivity index (χ3v) is 7.44. The van der Waals surface area contributed by atoms with Crippen LogP contribution in [0.5, 0.6) is 0 Å². The van der Waals surface area contributed by atoms with Gasteiger partial charge in [-0.05, 0) is 75.8 Å². The highest BCUT2D eigenvalue weighted by atomic mass is 32.1. The van der Waals surface area contributed by atoms with Gasteiger partial charge >= 0.3 is 0 Å². The van der Waals surface area contributed by atoms with E-state index in [9.17, 15) is 9.59 Å². The number of carbonyl (C=O) groups is 2. The summed E-state index contributed by atoms with van der Waals surface area (Å²) < 4.78 is 0. The fourth-order valence-electron chi connectivity index (χ4n) is 4.65. The SMILES string of the molecule is Cc1ccc(N2C(=O)CC(C(=O)NCCC3CCN(C)CC3)C2c2cccs2)cc1. The number of carbonyl (C=O) groups excluding carboxylic acids is 2. The van der Waals surface area contributed by atoms with Crippen LogP contribution in [-0.2, 0) is 9.59 Å². The van der Waals surface area contributed by atoms with Crippen LogP contribution in [0.4, 0.5) is 5.69 Å². The molecule has 30 heavy (non-hydrogen) atoms. The Hall–Kier alpha value is -2.18. The molecular formula is C24H31N3O2S. The standard InChI is InChI=1S/C24H31N3O2S/c1-17-5-7-19(8-6-17)27-22(28)16-20(23(27)21-4-3-15-30-21)24(29)25-12-9-18-10-13-26(2)14-11-18/h3-8,15,18,20,23H,9-14,16H2,1-2H3,(H,25,29). The minimum Gasteiger partial charge on any atom is -0.356 e. The average Bonchev–Trinajstić information content (AvgIpc) is 3.38. The summed E-state index contributed by atoms with van der Waals surface area (Å²) in [5.41, 5.74) is 2.02. The van der Waals surface area contributed by atoms with E-state index in [2.05, 4.69) is 17.3 Å². The molecule has 0 bridgehead atoms. The predicted octanol–water partition coefficient (Wildman–Crippen LogP) is 4.00. The van der Waals surface area contributed by atoms with E-state index in [0.29, 0.717) is 12.5 Å². The zero-order valence-corrected chi connectivity index (χ0v) is 18.7. The normalized spacial score (nSPS) is 23.1. The Morgan fingerprint density at radius 2 is 1.90 bits per heavy atom. The van der Waals surface area contributed by atoms with Crippen molar-refractivity contribution in [2.24, 2.45) is 11.8 Å². The van der Waals surface area contributed by atoms with Crippen molar-refractivity contribution < 1.29 is 9.59 Å². The van der Waals surface area contributed by atoms with E-state index < -0.39 is 0 Å². The number of rotatable bonds is 6. The first-order chi connectivity index (χ1) is 14.5. The van der Waals surface area contributed by atoms with Gasteiger partial charge < -0.3 is 15.1 Å². The molecule has 1 aromatic heterocycles. The number of aryl methyl sites for hydroxylation is 1. The molecule has 1 N–H and O–H groups in total. The molecule has 1 aromatic carbocycles. The highest BCUT2D eigenvalue weighted by Crippen LogP contribution is 2.43. The molecule has 2 saturated heterocycles. The van der Waals surface area contributed by atoms with Crippen LogP contribution in [-0.4, -0.2) is 43.4 Å². The van der Waals surface area contributed by atoms with Crippen LogP contribution in [0.15, 0.2) is 41.8 Å². The summed E-state index contributed by atoms with van der Waals surface area (Å²) in [6.07, 6.45) is 3.68. The van der Waals surface area contributed by atoms with Crippen LogP contribution >= 0.6 is 11.3 Å². The first kappa shape index (κ1) is 21.1. The molecule has 2 atom stereocenters. The van der Waals surface area contributed by atoms with Crippen LogP contribution in [0, 0.1) is 18.8 Å². The lowest BCUT2D eigenvalue weighted by Gasteiger charge is -2.29. The summed E-state index contributed by atoms with van der Waals surface area (Å²) in [6, 6.07) is 11.8. The maximum absolute atomic E-state index is 13.1. The van der Waals surface area contributed by atoms with E-state index in [4.69, 9.17) is 0 Å². The monoisotopic (exact) mass is 425 g/mol. The predicted molar refractivity (Wildman–Crippen MR) is 122 cm³/mol. The molecule has 0 aliphatic carbocycles. The Morgan fingerprint density at radius 1 is 1.17 bits per heavy atom. The zero-order chi connectivity index (χ0) is 21.1. The molecule has 0 saturated carbocycles. The highest BCUT2D eigenvalue weighted by molar-refractivity contribution is 7.10. The Labute approximate surface area is 183 Å². The lowest BCUT2D eigenvalue weighted by molar-refractivity contribution is -0.126. The second-order valence-electron chi connectivity index (χ2n) is 8.70. The van der Waals surface area contributed by atoms with Crippen LogP contribution < -0.4 is 10.2 Å². The molecule has 2 aromatic rings. The molecule has 2 unspecified atom stereocenters. The number of hydrogen-bond donors (Lipinski definition) is 1. The van der Waals surface area contributed by atoms with E-state index in [1.54, 1.807) is 11.3 Å². The summed E-state index contributed by atoms with van der Waals surface area (Å²) in [4.78, 5) is 31.4. The van der Waals surface area contributed by atoms with Gasteiger partial charge in [0.1, 0.15) is 0 Å². The molecule has 0 radical (unpaired) electrons. The first-order valence-electron chi connectivity index (χ1n) is 10.9. The number of benzene rings is 1. The zero-order valence-electron chi connectivity index (χ0n) is 17.8. The van der Waals surface area contributed by atoms with Gasteiger partial charge in [-0.25, -0.2) is 0 Å². The Bertz CT molecular complexity index is 857. The number of likely N-dealkylation sites (tertiary alicyclic amines) is 1. The molecule has 2 fully saturated rings. The molecule has 160 valence electrons. The number of nitrogens with zero attached hydrogens (tertiary/aromatic N) is 2. The quantitative estimate of drug-likeness (QED) is 0.761. The van der Waals surface area contributed by atoms with E-state index in [1.165, 1.54) is 12.8 Å². The minimum atomic E-state index is -0.352. The largest absolute Gasteiger partial charge is 0.356 e. The van der Waals surface area contributed by atoms with Crippen molar-refractivity contribution in [2.45, 2.75) is 38.6 Å². The van der Waals surface area contributed by atoms with Crippen LogP contribution in [0.2, 0.25) is 0 Å². The fraction of sp³-hybridized carbons (Fsp3) is 0.500. The maximum atomic E-state index is 13.1. The molecule has 2 amide bonds. The van der Waals surface area contributed by atoms with Gasteiger partial charge in [0.05, 0.1) is 12.0 Å². The van der Waals surface area contributed by atoms with Crippen molar-refractivity contribution in [3.63, 3.8) is 0 Å². The number of hydrogen-bond acceptors (Lipinski definition) is 4. The molecular weight excluding hydrogens is 394 g/mol. The van der Waals surface area contributed by atoms with Gasteiger partial charge in [0.15, 0.2) is 0 Å². The summed E-state index contributed by atoms with van der Waals surface area (Å²) in [5, 5.41) is 5.16. The van der Waals surface area contributed by atoms with Gasteiger partial charge in [-0.15, -0.1) is 11.3 Å². The first-order valence-corrected chi connectivity index (χ1v) is 11.8. The fourth-order valence-corrected chi connectivity index (χ4v) is 5.53. The number of nitrogens with one attached hydrogen (secondary N) is 1. The van der Waals surface area contributed by atoms with Crippen LogP contribution in [0.25, 0.3) is 0 Å². The number of thiophene rings is 1. The van der Waals surface area contributed by atoms with E-state index >= 15 is 0 Å². The van der Waals surface area contributed by atoms with E-state index in [0.717, 1.165) is 35.6 Å². The lowest BCUT2D eigenvalue weighted by Crippen LogP contribution is -2.37. The number of amides is 2. The van der Waals surface area contributed by atoms with Gasteiger partial charge in [0.2, 0.25) is 11.8 Å². The Balaban J connectivity index is 1.45. The lowest BCUT2D eigenvalue weighted by atomic mass is 9.93. The molecule has 2 aliphatic heterocycles. The van der Waals surface area contributed by atoms with Crippen molar-refractivity contribution in [1.29, 1.82) is 0 Å². The summed E-state index contributed by atoms with van der Waals surface area (Å²) >= 11 is 1.61. The molecule has 4 rings (SSSR count). The van der Waals surface area contributed by atoms with E-state index in [-0.39, 0.29) is 30.2 Å². The number of piperidine rings is 1. The van der Waals surface area contributed by atoms with Gasteiger partial charge in [0.25, 0.3) is 0 Å². The third-order valence-electron chi connectivity index (χ3n) is 6.50. The maximum Gasteiger partial charge on any atom is 0.228 e. The summed E-state index contributed by atoms with van der Waals surface area (Å²) in [7, 11) is 2.17. The van der Waals surface area contributed by atoms with Crippen molar-refractivity contribution >= 4 is 28.8 Å². The third kappa shape index (κ3) is 4.60. The van der Waals surface area contributed by atoms with Crippen LogP contribution in [0.1, 0.15) is 42.2 Å². The van der Waals surface area contributed by atoms with Gasteiger partial charge in [-0.3, -0.25) is 9.59 Å². The second-order valence-corrected chi connectivity index (χ2v) is 9.68. The topological polar surface area (TPSA) is 52.7 Å². The van der Waals surface area contributed by atoms with Gasteiger partial charge in [-0.2, -0.15) is 0 Å². The molecule has 5 nitrogen and oxygen atoms in total. The minimum absolute atomic E-state index is 0.00397. The molecule has 3 heterocycles. The Kier molecular flexibility index (Phi) is 6.54. The summed E-state index contributed by atoms with van der Waals surface area (Å²) in [6.45, 7) is 5.01. The second kappa shape index (κ2) is 9.31. The van der Waals surface area contributed by atoms with Crippen molar-refractivity contribution in [3.8, 4) is 0 Å². The van der Waals surface area contributed by atoms with Gasteiger partial charge in [-0.1, -0.05) is 23.8 Å². The van der Waals surface area contributed by atoms with E-state index in [1.807, 2.05) is 53.6 Å². The highest BCUT2D eigenvalue weighted by Gasteiger charge is 2.45. The van der Waals surface area contributed by atoms with Crippen molar-refractivity contribution in [2.75, 3.05) is 31.6 Å². The number of anilines is 1.